The van der Waals surface area contributed by atoms with Crippen LogP contribution in [0.4, 0.5) is 21.9 Å². The van der Waals surface area contributed by atoms with E-state index in [-0.39, 0.29) is 12.0 Å². The highest BCUT2D eigenvalue weighted by molar-refractivity contribution is 7.99. The van der Waals surface area contributed by atoms with Crippen molar-refractivity contribution in [1.29, 1.82) is 0 Å². The van der Waals surface area contributed by atoms with Crippen LogP contribution in [0.3, 0.4) is 0 Å². The number of nitrogens with one attached hydrogen (secondary N) is 2. The Morgan fingerprint density at radius 1 is 1.06 bits per heavy atom. The Hall–Kier alpha value is -3.24. The number of ether oxygens (including phenoxy) is 1. The lowest BCUT2D eigenvalue weighted by molar-refractivity contribution is 0.0240. The molecule has 3 heterocycles. The second kappa shape index (κ2) is 11.2. The Labute approximate surface area is 220 Å². The van der Waals surface area contributed by atoms with Crippen LogP contribution in [-0.4, -0.2) is 59.9 Å². The summed E-state index contributed by atoms with van der Waals surface area (Å²) in [6.45, 7) is 8.28. The molecule has 3 aromatic rings. The first-order valence-corrected chi connectivity index (χ1v) is 13.8. The molecule has 8 nitrogen and oxygen atoms in total. The number of benzene rings is 1. The van der Waals surface area contributed by atoms with E-state index >= 15 is 0 Å². The van der Waals surface area contributed by atoms with Crippen molar-refractivity contribution < 1.29 is 14.3 Å². The van der Waals surface area contributed by atoms with Gasteiger partial charge >= 0.3 is 6.09 Å². The maximum absolute atomic E-state index is 12.7. The molecule has 0 bridgehead atoms. The van der Waals surface area contributed by atoms with Gasteiger partial charge in [-0.25, -0.2) is 4.79 Å². The quantitative estimate of drug-likeness (QED) is 0.393. The molecule has 1 aliphatic rings. The van der Waals surface area contributed by atoms with Crippen LogP contribution in [0.15, 0.2) is 54.0 Å². The van der Waals surface area contributed by atoms with Crippen molar-refractivity contribution in [3.05, 3.63) is 58.9 Å². The molecule has 0 unspecified atom stereocenters. The van der Waals surface area contributed by atoms with Crippen molar-refractivity contribution in [3.8, 4) is 11.3 Å². The molecule has 10 heteroatoms. The van der Waals surface area contributed by atoms with E-state index in [1.165, 1.54) is 23.3 Å². The van der Waals surface area contributed by atoms with Gasteiger partial charge in [-0.15, -0.1) is 11.3 Å². The van der Waals surface area contributed by atoms with Gasteiger partial charge in [0.1, 0.15) is 5.60 Å². The molecule has 1 fully saturated rings. The summed E-state index contributed by atoms with van der Waals surface area (Å²) in [4.78, 5) is 34.3. The standard InChI is InChI=1S/C26H31N5O3S2/c1-26(2,3)34-25(33)31-12-10-30(11-13-31)21-8-9-22(27-16-21)18-14-23(36-17-18)24(32)28-19-6-5-7-20(15-19)29-35-4/h5-9,14-17,29H,10-13H2,1-4H3,(H,28,32). The molecule has 1 saturated heterocycles. The molecule has 36 heavy (non-hydrogen) atoms. The van der Waals surface area contributed by atoms with Crippen LogP contribution in [0.5, 0.6) is 0 Å². The minimum absolute atomic E-state index is 0.146. The normalized spacial score (nSPS) is 13.9. The third-order valence-electron chi connectivity index (χ3n) is 5.50. The topological polar surface area (TPSA) is 86.8 Å². The molecule has 0 aliphatic carbocycles. The number of pyridine rings is 1. The minimum atomic E-state index is -0.493. The lowest BCUT2D eigenvalue weighted by Gasteiger charge is -2.36. The number of rotatable bonds is 6. The summed E-state index contributed by atoms with van der Waals surface area (Å²) in [5.41, 5.74) is 3.91. The molecular weight excluding hydrogens is 494 g/mol. The lowest BCUT2D eigenvalue weighted by atomic mass is 10.2. The molecule has 0 saturated carbocycles. The predicted molar refractivity (Wildman–Crippen MR) is 149 cm³/mol. The van der Waals surface area contributed by atoms with Crippen LogP contribution in [-0.2, 0) is 4.74 Å². The molecule has 190 valence electrons. The van der Waals surface area contributed by atoms with E-state index in [0.717, 1.165) is 41.4 Å². The summed E-state index contributed by atoms with van der Waals surface area (Å²) >= 11 is 2.89. The molecule has 2 amide bonds. The van der Waals surface area contributed by atoms with Crippen molar-refractivity contribution in [2.45, 2.75) is 26.4 Å². The zero-order valence-electron chi connectivity index (χ0n) is 20.9. The number of aromatic nitrogens is 1. The molecule has 0 spiro atoms. The number of hydrogen-bond acceptors (Lipinski definition) is 8. The first kappa shape index (κ1) is 25.8. The van der Waals surface area contributed by atoms with Crippen molar-refractivity contribution in [2.24, 2.45) is 0 Å². The average molecular weight is 526 g/mol. The Morgan fingerprint density at radius 2 is 1.81 bits per heavy atom. The molecule has 0 radical (unpaired) electrons. The van der Waals surface area contributed by atoms with Crippen LogP contribution in [0, 0.1) is 0 Å². The van der Waals surface area contributed by atoms with Gasteiger partial charge in [-0.05, 0) is 57.2 Å². The number of carbonyl (C=O) groups excluding carboxylic acids is 2. The Bertz CT molecular complexity index is 1200. The zero-order chi connectivity index (χ0) is 25.7. The highest BCUT2D eigenvalue weighted by Crippen LogP contribution is 2.27. The average Bonchev–Trinajstić information content (AvgIpc) is 3.34. The number of carbonyl (C=O) groups is 2. The van der Waals surface area contributed by atoms with Gasteiger partial charge < -0.3 is 24.6 Å². The third kappa shape index (κ3) is 6.70. The second-order valence-electron chi connectivity index (χ2n) is 9.40. The summed E-state index contributed by atoms with van der Waals surface area (Å²) in [6, 6.07) is 13.5. The molecule has 1 aliphatic heterocycles. The van der Waals surface area contributed by atoms with Crippen molar-refractivity contribution in [2.75, 3.05) is 47.4 Å². The van der Waals surface area contributed by atoms with Crippen LogP contribution in [0.25, 0.3) is 11.3 Å². The maximum atomic E-state index is 12.7. The Morgan fingerprint density at radius 3 is 2.47 bits per heavy atom. The van der Waals surface area contributed by atoms with E-state index in [1.807, 2.05) is 81.1 Å². The van der Waals surface area contributed by atoms with Crippen molar-refractivity contribution in [3.63, 3.8) is 0 Å². The highest BCUT2D eigenvalue weighted by atomic mass is 32.2. The van der Waals surface area contributed by atoms with Crippen LogP contribution in [0.1, 0.15) is 30.4 Å². The first-order chi connectivity index (χ1) is 17.2. The number of amides is 2. The summed E-state index contributed by atoms with van der Waals surface area (Å²) in [6.07, 6.45) is 3.53. The number of piperazine rings is 1. The van der Waals surface area contributed by atoms with E-state index in [4.69, 9.17) is 4.74 Å². The van der Waals surface area contributed by atoms with Crippen LogP contribution < -0.4 is 14.9 Å². The van der Waals surface area contributed by atoms with Crippen molar-refractivity contribution in [1.82, 2.24) is 9.88 Å². The largest absolute Gasteiger partial charge is 0.444 e. The number of nitrogens with zero attached hydrogens (tertiary/aromatic N) is 3. The number of hydrogen-bond donors (Lipinski definition) is 2. The van der Waals surface area contributed by atoms with E-state index in [2.05, 4.69) is 19.9 Å². The highest BCUT2D eigenvalue weighted by Gasteiger charge is 2.26. The molecule has 1 aromatic carbocycles. The molecule has 2 aromatic heterocycles. The lowest BCUT2D eigenvalue weighted by Crippen LogP contribution is -2.50. The predicted octanol–water partition coefficient (Wildman–Crippen LogP) is 5.81. The van der Waals surface area contributed by atoms with Crippen LogP contribution in [0.2, 0.25) is 0 Å². The van der Waals surface area contributed by atoms with Gasteiger partial charge in [-0.2, -0.15) is 0 Å². The molecule has 4 rings (SSSR count). The van der Waals surface area contributed by atoms with Gasteiger partial charge in [0, 0.05) is 54.8 Å². The number of anilines is 3. The maximum Gasteiger partial charge on any atom is 0.410 e. The summed E-state index contributed by atoms with van der Waals surface area (Å²) in [5, 5.41) is 4.90. The van der Waals surface area contributed by atoms with E-state index in [1.54, 1.807) is 4.90 Å². The zero-order valence-corrected chi connectivity index (χ0v) is 22.5. The first-order valence-electron chi connectivity index (χ1n) is 11.7. The number of thiophene rings is 1. The van der Waals surface area contributed by atoms with Gasteiger partial charge in [-0.1, -0.05) is 18.0 Å². The Balaban J connectivity index is 1.34. The Kier molecular flexibility index (Phi) is 8.05. The summed E-state index contributed by atoms with van der Waals surface area (Å²) in [7, 11) is 0. The monoisotopic (exact) mass is 525 g/mol. The van der Waals surface area contributed by atoms with Crippen molar-refractivity contribution >= 4 is 52.3 Å². The second-order valence-corrected chi connectivity index (χ2v) is 10.9. The van der Waals surface area contributed by atoms with E-state index in [9.17, 15) is 9.59 Å². The van der Waals surface area contributed by atoms with Crippen LogP contribution >= 0.6 is 23.3 Å². The SMILES string of the molecule is CSNc1cccc(NC(=O)c2cc(-c3ccc(N4CCN(C(=O)OC(C)(C)C)CC4)cn3)cs2)c1. The minimum Gasteiger partial charge on any atom is -0.444 e. The fraction of sp³-hybridized carbons (Fsp3) is 0.346. The van der Waals surface area contributed by atoms with Gasteiger partial charge in [0.2, 0.25) is 0 Å². The molecule has 2 N–H and O–H groups in total. The van der Waals surface area contributed by atoms with Gasteiger partial charge in [0.05, 0.1) is 22.5 Å². The third-order valence-corrected chi connectivity index (χ3v) is 6.87. The fourth-order valence-electron chi connectivity index (χ4n) is 3.78. The smallest absolute Gasteiger partial charge is 0.410 e. The van der Waals surface area contributed by atoms with Gasteiger partial charge in [0.15, 0.2) is 0 Å². The summed E-state index contributed by atoms with van der Waals surface area (Å²) in [5.74, 6) is -0.146. The van der Waals surface area contributed by atoms with Gasteiger partial charge in [0.25, 0.3) is 5.91 Å². The van der Waals surface area contributed by atoms with E-state index in [0.29, 0.717) is 18.0 Å². The summed E-state index contributed by atoms with van der Waals surface area (Å²) < 4.78 is 8.64. The fourth-order valence-corrected chi connectivity index (χ4v) is 4.94. The van der Waals surface area contributed by atoms with Gasteiger partial charge in [-0.3, -0.25) is 9.78 Å². The molecule has 0 atom stereocenters. The van der Waals surface area contributed by atoms with E-state index < -0.39 is 5.60 Å². The molecular formula is C26H31N5O3S2.